The first-order chi connectivity index (χ1) is 16.2. The van der Waals surface area contributed by atoms with Crippen LogP contribution in [0.4, 0.5) is 4.39 Å². The number of carbonyl (C=O) groups excluding carboxylic acids is 2. The second kappa shape index (κ2) is 8.39. The largest absolute Gasteiger partial charge is 0.484 e. The minimum Gasteiger partial charge on any atom is -0.484 e. The van der Waals surface area contributed by atoms with Gasteiger partial charge in [0, 0.05) is 30.3 Å². The predicted molar refractivity (Wildman–Crippen MR) is 123 cm³/mol. The summed E-state index contributed by atoms with van der Waals surface area (Å²) >= 11 is 5.65. The van der Waals surface area contributed by atoms with Crippen molar-refractivity contribution in [1.82, 2.24) is 20.2 Å². The molecule has 3 saturated carbocycles. The van der Waals surface area contributed by atoms with E-state index in [-0.39, 0.29) is 52.3 Å². The Morgan fingerprint density at radius 2 is 2.03 bits per heavy atom. The number of fused-ring (bicyclic) bond motifs is 2. The van der Waals surface area contributed by atoms with Crippen molar-refractivity contribution in [2.75, 3.05) is 6.61 Å². The zero-order valence-corrected chi connectivity index (χ0v) is 19.1. The van der Waals surface area contributed by atoms with Gasteiger partial charge in [-0.2, -0.15) is 0 Å². The van der Waals surface area contributed by atoms with E-state index in [9.17, 15) is 18.8 Å². The summed E-state index contributed by atoms with van der Waals surface area (Å²) < 4.78 is 20.3. The van der Waals surface area contributed by atoms with Crippen molar-refractivity contribution < 1.29 is 18.7 Å². The van der Waals surface area contributed by atoms with Gasteiger partial charge in [0.1, 0.15) is 11.6 Å². The summed E-state index contributed by atoms with van der Waals surface area (Å²) in [7, 11) is 1.62. The van der Waals surface area contributed by atoms with E-state index in [4.69, 9.17) is 16.3 Å². The highest BCUT2D eigenvalue weighted by atomic mass is 35.5. The topological polar surface area (TPSA) is 102 Å². The lowest BCUT2D eigenvalue weighted by molar-refractivity contribution is -0.125. The first kappa shape index (κ1) is 22.3. The molecule has 1 unspecified atom stereocenters. The SMILES string of the molecule is Cn1cnc2cc(C(=O)NC3CC4(NC(=O)COc5ccc(Cl)c(F)c5)CC3C4)ccc2c1=O. The quantitative estimate of drug-likeness (QED) is 0.560. The number of rotatable bonds is 6. The zero-order chi connectivity index (χ0) is 24.0. The average molecular weight is 485 g/mol. The lowest BCUT2D eigenvalue weighted by atomic mass is 9.76. The number of benzene rings is 2. The summed E-state index contributed by atoms with van der Waals surface area (Å²) in [6.07, 6.45) is 3.60. The summed E-state index contributed by atoms with van der Waals surface area (Å²) in [5, 5.41) is 6.51. The van der Waals surface area contributed by atoms with E-state index in [0.29, 0.717) is 22.9 Å². The van der Waals surface area contributed by atoms with Gasteiger partial charge in [-0.25, -0.2) is 9.37 Å². The molecular weight excluding hydrogens is 463 g/mol. The maximum absolute atomic E-state index is 13.5. The highest BCUT2D eigenvalue weighted by Gasteiger charge is 2.57. The Kier molecular flexibility index (Phi) is 5.51. The van der Waals surface area contributed by atoms with Crippen LogP contribution in [0.1, 0.15) is 29.6 Å². The summed E-state index contributed by atoms with van der Waals surface area (Å²) in [6.45, 7) is -0.242. The van der Waals surface area contributed by atoms with Crippen molar-refractivity contribution >= 4 is 34.3 Å². The van der Waals surface area contributed by atoms with Crippen LogP contribution in [-0.2, 0) is 11.8 Å². The van der Waals surface area contributed by atoms with Crippen molar-refractivity contribution in [1.29, 1.82) is 0 Å². The van der Waals surface area contributed by atoms with Crippen LogP contribution in [0.2, 0.25) is 5.02 Å². The molecule has 2 N–H and O–H groups in total. The van der Waals surface area contributed by atoms with Gasteiger partial charge in [-0.3, -0.25) is 14.4 Å². The van der Waals surface area contributed by atoms with Gasteiger partial charge in [0.05, 0.1) is 22.3 Å². The fraction of sp³-hybridized carbons (Fsp3) is 0.333. The van der Waals surface area contributed by atoms with Gasteiger partial charge in [-0.05, 0) is 55.5 Å². The fourth-order valence-electron chi connectivity index (χ4n) is 4.96. The molecule has 176 valence electrons. The van der Waals surface area contributed by atoms with E-state index < -0.39 is 5.82 Å². The summed E-state index contributed by atoms with van der Waals surface area (Å²) in [6, 6.07) is 8.78. The molecule has 0 radical (unpaired) electrons. The van der Waals surface area contributed by atoms with Gasteiger partial charge in [0.25, 0.3) is 17.4 Å². The second-order valence-electron chi connectivity index (χ2n) is 9.04. The lowest BCUT2D eigenvalue weighted by Gasteiger charge is -2.39. The van der Waals surface area contributed by atoms with Crippen molar-refractivity contribution in [2.45, 2.75) is 30.8 Å². The molecule has 10 heteroatoms. The third kappa shape index (κ3) is 4.11. The van der Waals surface area contributed by atoms with Gasteiger partial charge in [-0.15, -0.1) is 0 Å². The first-order valence-electron chi connectivity index (χ1n) is 10.9. The molecule has 3 fully saturated rings. The zero-order valence-electron chi connectivity index (χ0n) is 18.3. The molecule has 1 aromatic heterocycles. The lowest BCUT2D eigenvalue weighted by Crippen LogP contribution is -2.53. The van der Waals surface area contributed by atoms with Crippen LogP contribution in [0.25, 0.3) is 10.9 Å². The van der Waals surface area contributed by atoms with Gasteiger partial charge in [0.2, 0.25) is 0 Å². The van der Waals surface area contributed by atoms with E-state index >= 15 is 0 Å². The Hall–Kier alpha value is -3.46. The van der Waals surface area contributed by atoms with Gasteiger partial charge in [-0.1, -0.05) is 11.6 Å². The molecule has 1 heterocycles. The summed E-state index contributed by atoms with van der Waals surface area (Å²) in [5.74, 6) is -0.653. The van der Waals surface area contributed by atoms with Crippen LogP contribution >= 0.6 is 11.6 Å². The van der Waals surface area contributed by atoms with E-state index in [1.165, 1.54) is 23.0 Å². The second-order valence-corrected chi connectivity index (χ2v) is 9.45. The number of aryl methyl sites for hydroxylation is 1. The number of amides is 2. The number of halogens is 2. The smallest absolute Gasteiger partial charge is 0.260 e. The number of hydrogen-bond acceptors (Lipinski definition) is 5. The number of nitrogens with zero attached hydrogens (tertiary/aromatic N) is 2. The van der Waals surface area contributed by atoms with E-state index in [1.54, 1.807) is 25.2 Å². The predicted octanol–water partition coefficient (Wildman–Crippen LogP) is 2.57. The highest BCUT2D eigenvalue weighted by Crippen LogP contribution is 2.52. The Bertz CT molecular complexity index is 1370. The molecular formula is C24H22ClFN4O4. The molecule has 3 aromatic rings. The standard InChI is InChI=1S/C24H22ClFN4O4/c1-30-12-27-19-6-13(2-4-16(19)23(30)33)22(32)28-20-10-24(8-14(20)9-24)29-21(31)11-34-15-3-5-17(25)18(26)7-15/h2-7,12,14,20H,8-11H2,1H3,(H,28,32)(H,29,31). The summed E-state index contributed by atoms with van der Waals surface area (Å²) in [5.41, 5.74) is 0.358. The third-order valence-electron chi connectivity index (χ3n) is 6.65. The average Bonchev–Trinajstić information content (AvgIpc) is 3.30. The molecule has 0 aliphatic heterocycles. The van der Waals surface area contributed by atoms with Gasteiger partial charge >= 0.3 is 0 Å². The van der Waals surface area contributed by atoms with E-state index in [1.807, 2.05) is 0 Å². The third-order valence-corrected chi connectivity index (χ3v) is 6.95. The monoisotopic (exact) mass is 484 g/mol. The van der Waals surface area contributed by atoms with Gasteiger partial charge in [0.15, 0.2) is 6.61 Å². The maximum atomic E-state index is 13.5. The van der Waals surface area contributed by atoms with Crippen molar-refractivity contribution in [3.05, 3.63) is 69.5 Å². The molecule has 2 aromatic carbocycles. The minimum absolute atomic E-state index is 0.0144. The van der Waals surface area contributed by atoms with Crippen LogP contribution in [0.5, 0.6) is 5.75 Å². The normalized spacial score (nSPS) is 22.8. The van der Waals surface area contributed by atoms with Crippen LogP contribution in [0, 0.1) is 11.7 Å². The number of aromatic nitrogens is 2. The minimum atomic E-state index is -0.612. The number of nitrogens with one attached hydrogen (secondary N) is 2. The fourth-order valence-corrected chi connectivity index (χ4v) is 5.07. The van der Waals surface area contributed by atoms with Crippen LogP contribution < -0.4 is 20.9 Å². The Balaban J connectivity index is 1.17. The molecule has 34 heavy (non-hydrogen) atoms. The first-order valence-corrected chi connectivity index (χ1v) is 11.3. The molecule has 3 aliphatic carbocycles. The molecule has 0 saturated heterocycles. The van der Waals surface area contributed by atoms with Crippen LogP contribution in [0.3, 0.4) is 0 Å². The molecule has 2 bridgehead atoms. The molecule has 6 rings (SSSR count). The number of hydrogen-bond donors (Lipinski definition) is 2. The number of ether oxygens (including phenoxy) is 1. The Morgan fingerprint density at radius 1 is 1.24 bits per heavy atom. The van der Waals surface area contributed by atoms with E-state index in [0.717, 1.165) is 18.9 Å². The molecule has 3 aliphatic rings. The molecule has 8 nitrogen and oxygen atoms in total. The van der Waals surface area contributed by atoms with Gasteiger partial charge < -0.3 is 19.9 Å². The van der Waals surface area contributed by atoms with Crippen LogP contribution in [0.15, 0.2) is 47.5 Å². The number of carbonyl (C=O) groups is 2. The van der Waals surface area contributed by atoms with Crippen LogP contribution in [-0.4, -0.2) is 39.6 Å². The Morgan fingerprint density at radius 3 is 2.79 bits per heavy atom. The van der Waals surface area contributed by atoms with E-state index in [2.05, 4.69) is 15.6 Å². The molecule has 2 amide bonds. The maximum Gasteiger partial charge on any atom is 0.260 e. The Labute approximate surface area is 199 Å². The van der Waals surface area contributed by atoms with Crippen molar-refractivity contribution in [2.24, 2.45) is 13.0 Å². The van der Waals surface area contributed by atoms with Crippen molar-refractivity contribution in [3.63, 3.8) is 0 Å². The van der Waals surface area contributed by atoms with Crippen molar-refractivity contribution in [3.8, 4) is 5.75 Å². The molecule has 1 atom stereocenters. The molecule has 0 spiro atoms. The highest BCUT2D eigenvalue weighted by molar-refractivity contribution is 6.30. The summed E-state index contributed by atoms with van der Waals surface area (Å²) in [4.78, 5) is 41.6.